The number of urea groups is 1. The summed E-state index contributed by atoms with van der Waals surface area (Å²) >= 11 is 0. The molecule has 5 nitrogen and oxygen atoms in total. The number of hydrogen-bond donors (Lipinski definition) is 3. The lowest BCUT2D eigenvalue weighted by molar-refractivity contribution is -0.137. The van der Waals surface area contributed by atoms with E-state index in [2.05, 4.69) is 10.6 Å². The van der Waals surface area contributed by atoms with Crippen molar-refractivity contribution in [3.8, 4) is 0 Å². The van der Waals surface area contributed by atoms with E-state index in [1.807, 2.05) is 0 Å². The first kappa shape index (κ1) is 15.9. The molecule has 1 aromatic carbocycles. The Kier molecular flexibility index (Phi) is 5.89. The zero-order valence-corrected chi connectivity index (χ0v) is 11.0. The Morgan fingerprint density at radius 3 is 2.60 bits per heavy atom. The van der Waals surface area contributed by atoms with Gasteiger partial charge in [-0.25, -0.2) is 13.6 Å². The first-order valence-electron chi connectivity index (χ1n) is 6.08. The molecule has 0 saturated carbocycles. The number of carboxylic acids is 1. The molecule has 0 spiro atoms. The summed E-state index contributed by atoms with van der Waals surface area (Å²) in [5.41, 5.74) is 0.428. The Hall–Kier alpha value is -2.18. The van der Waals surface area contributed by atoms with Crippen molar-refractivity contribution in [1.29, 1.82) is 0 Å². The number of hydrogen-bond acceptors (Lipinski definition) is 2. The van der Waals surface area contributed by atoms with Crippen LogP contribution in [0.1, 0.15) is 25.3 Å². The maximum Gasteiger partial charge on any atom is 0.315 e. The van der Waals surface area contributed by atoms with Gasteiger partial charge in [-0.15, -0.1) is 0 Å². The van der Waals surface area contributed by atoms with Crippen LogP contribution in [0.15, 0.2) is 18.2 Å². The van der Waals surface area contributed by atoms with Gasteiger partial charge in [-0.2, -0.15) is 0 Å². The summed E-state index contributed by atoms with van der Waals surface area (Å²) in [5, 5.41) is 13.5. The number of benzene rings is 1. The molecule has 0 aromatic heterocycles. The van der Waals surface area contributed by atoms with Gasteiger partial charge in [0.05, 0.1) is 0 Å². The molecular weight excluding hydrogens is 270 g/mol. The third kappa shape index (κ3) is 5.64. The van der Waals surface area contributed by atoms with Crippen molar-refractivity contribution in [1.82, 2.24) is 10.6 Å². The number of carbonyl (C=O) groups is 2. The Balaban J connectivity index is 2.35. The molecule has 20 heavy (non-hydrogen) atoms. The normalized spacial score (nSPS) is 11.8. The van der Waals surface area contributed by atoms with Gasteiger partial charge in [-0.3, -0.25) is 4.79 Å². The molecule has 7 heteroatoms. The molecule has 2 amide bonds. The van der Waals surface area contributed by atoms with Gasteiger partial charge in [0, 0.05) is 19.0 Å². The minimum absolute atomic E-state index is 0.0371. The summed E-state index contributed by atoms with van der Waals surface area (Å²) in [6.45, 7) is 1.73. The third-order valence-corrected chi connectivity index (χ3v) is 2.61. The topological polar surface area (TPSA) is 78.4 Å². The summed E-state index contributed by atoms with van der Waals surface area (Å²) in [6.07, 6.45) is 0.276. The number of carboxylic acid groups (broad SMARTS) is 1. The number of halogens is 2. The van der Waals surface area contributed by atoms with Crippen molar-refractivity contribution in [3.63, 3.8) is 0 Å². The summed E-state index contributed by atoms with van der Waals surface area (Å²) < 4.78 is 25.6. The Morgan fingerprint density at radius 2 is 2.00 bits per heavy atom. The lowest BCUT2D eigenvalue weighted by Gasteiger charge is -2.13. The molecule has 1 unspecified atom stereocenters. The average molecular weight is 286 g/mol. The Bertz CT molecular complexity index is 495. The van der Waals surface area contributed by atoms with Crippen LogP contribution >= 0.6 is 0 Å². The second-order valence-corrected chi connectivity index (χ2v) is 4.41. The predicted molar refractivity (Wildman–Crippen MR) is 68.1 cm³/mol. The molecule has 110 valence electrons. The van der Waals surface area contributed by atoms with Crippen LogP contribution in [-0.4, -0.2) is 23.1 Å². The molecule has 0 radical (unpaired) electrons. The maximum absolute atomic E-state index is 12.9. The van der Waals surface area contributed by atoms with Crippen LogP contribution in [0.5, 0.6) is 0 Å². The molecule has 0 bridgehead atoms. The molecule has 0 fully saturated rings. The van der Waals surface area contributed by atoms with Crippen LogP contribution in [0.3, 0.4) is 0 Å². The van der Waals surface area contributed by atoms with Gasteiger partial charge in [0.15, 0.2) is 11.6 Å². The van der Waals surface area contributed by atoms with Crippen LogP contribution < -0.4 is 10.6 Å². The van der Waals surface area contributed by atoms with Gasteiger partial charge in [0.2, 0.25) is 0 Å². The van der Waals surface area contributed by atoms with Crippen LogP contribution in [0.4, 0.5) is 13.6 Å². The van der Waals surface area contributed by atoms with Crippen molar-refractivity contribution in [2.75, 3.05) is 0 Å². The van der Waals surface area contributed by atoms with Crippen LogP contribution in [0, 0.1) is 11.6 Å². The minimum atomic E-state index is -0.973. The highest BCUT2D eigenvalue weighted by Crippen LogP contribution is 2.08. The molecule has 0 saturated heterocycles. The van der Waals surface area contributed by atoms with Crippen molar-refractivity contribution in [3.05, 3.63) is 35.4 Å². The van der Waals surface area contributed by atoms with Gasteiger partial charge < -0.3 is 15.7 Å². The fraction of sp³-hybridized carbons (Fsp3) is 0.385. The lowest BCUT2D eigenvalue weighted by Crippen LogP contribution is -2.40. The van der Waals surface area contributed by atoms with E-state index in [0.29, 0.717) is 12.0 Å². The van der Waals surface area contributed by atoms with Crippen molar-refractivity contribution in [2.24, 2.45) is 0 Å². The fourth-order valence-corrected chi connectivity index (χ4v) is 1.52. The second-order valence-electron chi connectivity index (χ2n) is 4.41. The van der Waals surface area contributed by atoms with Crippen LogP contribution in [0.25, 0.3) is 0 Å². The molecule has 0 heterocycles. The van der Waals surface area contributed by atoms with Crippen molar-refractivity contribution < 1.29 is 23.5 Å². The molecule has 1 rings (SSSR count). The highest BCUT2D eigenvalue weighted by molar-refractivity contribution is 5.74. The highest BCUT2D eigenvalue weighted by atomic mass is 19.2. The standard InChI is InChI=1S/C13H16F2N2O3/c1-8(2-5-12(18)19)17-13(20)16-7-9-3-4-10(14)11(15)6-9/h3-4,6,8H,2,5,7H2,1H3,(H,18,19)(H2,16,17,20). The van der Waals surface area contributed by atoms with E-state index in [-0.39, 0.29) is 19.0 Å². The lowest BCUT2D eigenvalue weighted by atomic mass is 10.2. The van der Waals surface area contributed by atoms with Gasteiger partial charge in [0.1, 0.15) is 0 Å². The summed E-state index contributed by atoms with van der Waals surface area (Å²) in [6, 6.07) is 2.57. The largest absolute Gasteiger partial charge is 0.481 e. The monoisotopic (exact) mass is 286 g/mol. The van der Waals surface area contributed by atoms with E-state index in [1.165, 1.54) is 6.07 Å². The highest BCUT2D eigenvalue weighted by Gasteiger charge is 2.09. The SMILES string of the molecule is CC(CCC(=O)O)NC(=O)NCc1ccc(F)c(F)c1. The smallest absolute Gasteiger partial charge is 0.315 e. The molecule has 0 aliphatic rings. The number of carbonyl (C=O) groups excluding carboxylic acids is 1. The first-order chi connectivity index (χ1) is 9.38. The van der Waals surface area contributed by atoms with Gasteiger partial charge in [-0.05, 0) is 31.0 Å². The third-order valence-electron chi connectivity index (χ3n) is 2.61. The van der Waals surface area contributed by atoms with E-state index >= 15 is 0 Å². The summed E-state index contributed by atoms with van der Waals surface area (Å²) in [4.78, 5) is 21.9. The minimum Gasteiger partial charge on any atom is -0.481 e. The van der Waals surface area contributed by atoms with E-state index in [0.717, 1.165) is 12.1 Å². The van der Waals surface area contributed by atoms with Gasteiger partial charge >= 0.3 is 12.0 Å². The zero-order chi connectivity index (χ0) is 15.1. The van der Waals surface area contributed by atoms with E-state index in [1.54, 1.807) is 6.92 Å². The van der Waals surface area contributed by atoms with E-state index in [4.69, 9.17) is 5.11 Å². The molecule has 0 aliphatic heterocycles. The van der Waals surface area contributed by atoms with E-state index < -0.39 is 23.6 Å². The second kappa shape index (κ2) is 7.42. The van der Waals surface area contributed by atoms with Gasteiger partial charge in [0.25, 0.3) is 0 Å². The number of aliphatic carboxylic acids is 1. The number of amides is 2. The first-order valence-corrected chi connectivity index (χ1v) is 6.08. The molecule has 0 aliphatic carbocycles. The van der Waals surface area contributed by atoms with Gasteiger partial charge in [-0.1, -0.05) is 6.07 Å². The number of rotatable bonds is 6. The number of nitrogens with one attached hydrogen (secondary N) is 2. The molecular formula is C13H16F2N2O3. The summed E-state index contributed by atoms with van der Waals surface area (Å²) in [7, 11) is 0. The van der Waals surface area contributed by atoms with Crippen molar-refractivity contribution in [2.45, 2.75) is 32.4 Å². The van der Waals surface area contributed by atoms with Crippen molar-refractivity contribution >= 4 is 12.0 Å². The fourth-order valence-electron chi connectivity index (χ4n) is 1.52. The Morgan fingerprint density at radius 1 is 1.30 bits per heavy atom. The zero-order valence-electron chi connectivity index (χ0n) is 11.0. The van der Waals surface area contributed by atoms with Crippen LogP contribution in [0.2, 0.25) is 0 Å². The molecule has 3 N–H and O–H groups in total. The predicted octanol–water partition coefficient (Wildman–Crippen LogP) is 2.02. The average Bonchev–Trinajstić information content (AvgIpc) is 2.38. The quantitative estimate of drug-likeness (QED) is 0.748. The van der Waals surface area contributed by atoms with Crippen LogP contribution in [-0.2, 0) is 11.3 Å². The summed E-state index contributed by atoms with van der Waals surface area (Å²) in [5.74, 6) is -2.85. The molecule has 1 atom stereocenters. The Labute approximate surface area is 115 Å². The molecule has 1 aromatic rings. The van der Waals surface area contributed by atoms with E-state index in [9.17, 15) is 18.4 Å². The maximum atomic E-state index is 12.9.